The first-order chi connectivity index (χ1) is 9.85. The number of carbonyl (C=O) groups excluding carboxylic acids is 1. The van der Waals surface area contributed by atoms with Crippen molar-refractivity contribution in [2.45, 2.75) is 58.6 Å². The summed E-state index contributed by atoms with van der Waals surface area (Å²) in [5.74, 6) is 0.365. The van der Waals surface area contributed by atoms with Gasteiger partial charge in [-0.1, -0.05) is 6.08 Å². The van der Waals surface area contributed by atoms with E-state index in [0.29, 0.717) is 5.92 Å². The Bertz CT molecular complexity index is 443. The summed E-state index contributed by atoms with van der Waals surface area (Å²) >= 11 is 0. The average Bonchev–Trinajstić information content (AvgIpc) is 2.81. The Balaban J connectivity index is 2.05. The van der Waals surface area contributed by atoms with Crippen molar-refractivity contribution >= 4 is 11.8 Å². The predicted octanol–water partition coefficient (Wildman–Crippen LogP) is 3.05. The summed E-state index contributed by atoms with van der Waals surface area (Å²) in [5, 5.41) is 3.02. The molecule has 2 aliphatic heterocycles. The van der Waals surface area contributed by atoms with Gasteiger partial charge in [0, 0.05) is 31.0 Å². The van der Waals surface area contributed by atoms with E-state index in [4.69, 9.17) is 9.47 Å². The van der Waals surface area contributed by atoms with Crippen LogP contribution < -0.4 is 5.32 Å². The predicted molar refractivity (Wildman–Crippen MR) is 82.5 cm³/mol. The van der Waals surface area contributed by atoms with E-state index in [-0.39, 0.29) is 12.1 Å². The van der Waals surface area contributed by atoms with Gasteiger partial charge in [-0.3, -0.25) is 4.99 Å². The van der Waals surface area contributed by atoms with Crippen LogP contribution in [0, 0.1) is 5.92 Å². The van der Waals surface area contributed by atoms with Crippen molar-refractivity contribution in [1.82, 2.24) is 5.32 Å². The zero-order valence-electron chi connectivity index (χ0n) is 13.4. The highest BCUT2D eigenvalue weighted by Crippen LogP contribution is 2.24. The number of alkyl carbamates (subject to hydrolysis) is 1. The molecule has 0 saturated carbocycles. The standard InChI is InChI=1S/C16H26N2O3/c1-11-5-6-13(17-11)14(12-7-9-20-10-8-12)18-15(19)21-16(2,3)4/h5,12,14H,6-10H2,1-4H3,(H,18,19)/t14-/m1/s1. The van der Waals surface area contributed by atoms with Crippen molar-refractivity contribution in [2.75, 3.05) is 13.2 Å². The summed E-state index contributed by atoms with van der Waals surface area (Å²) in [7, 11) is 0. The van der Waals surface area contributed by atoms with Gasteiger partial charge in [0.2, 0.25) is 0 Å². The van der Waals surface area contributed by atoms with Gasteiger partial charge in [-0.2, -0.15) is 0 Å². The van der Waals surface area contributed by atoms with Gasteiger partial charge < -0.3 is 14.8 Å². The zero-order chi connectivity index (χ0) is 15.5. The number of aliphatic imine (C=N–C) groups is 1. The summed E-state index contributed by atoms with van der Waals surface area (Å²) < 4.78 is 10.8. The van der Waals surface area contributed by atoms with Crippen LogP contribution in [0.4, 0.5) is 4.79 Å². The van der Waals surface area contributed by atoms with Crippen LogP contribution in [0.1, 0.15) is 47.0 Å². The molecule has 2 heterocycles. The molecule has 21 heavy (non-hydrogen) atoms. The number of amides is 1. The van der Waals surface area contributed by atoms with Gasteiger partial charge in [-0.05, 0) is 46.5 Å². The molecule has 1 fully saturated rings. The van der Waals surface area contributed by atoms with E-state index in [1.54, 1.807) is 0 Å². The molecule has 1 N–H and O–H groups in total. The van der Waals surface area contributed by atoms with Gasteiger partial charge >= 0.3 is 6.09 Å². The fourth-order valence-electron chi connectivity index (χ4n) is 2.72. The third-order valence-corrected chi connectivity index (χ3v) is 3.70. The van der Waals surface area contributed by atoms with Crippen LogP contribution in [-0.2, 0) is 9.47 Å². The number of rotatable bonds is 3. The minimum absolute atomic E-state index is 0.0579. The Hall–Kier alpha value is -1.36. The summed E-state index contributed by atoms with van der Waals surface area (Å²) in [4.78, 5) is 16.7. The van der Waals surface area contributed by atoms with Crippen molar-refractivity contribution < 1.29 is 14.3 Å². The Morgan fingerprint density at radius 3 is 2.62 bits per heavy atom. The number of hydrogen-bond acceptors (Lipinski definition) is 4. The largest absolute Gasteiger partial charge is 0.444 e. The molecule has 0 spiro atoms. The van der Waals surface area contributed by atoms with E-state index in [1.807, 2.05) is 27.7 Å². The summed E-state index contributed by atoms with van der Waals surface area (Å²) in [5.41, 5.74) is 1.56. The van der Waals surface area contributed by atoms with Crippen molar-refractivity contribution in [1.29, 1.82) is 0 Å². The van der Waals surface area contributed by atoms with Crippen molar-refractivity contribution in [3.05, 3.63) is 11.8 Å². The smallest absolute Gasteiger partial charge is 0.408 e. The van der Waals surface area contributed by atoms with Crippen LogP contribution in [0.25, 0.3) is 0 Å². The highest BCUT2D eigenvalue weighted by atomic mass is 16.6. The minimum Gasteiger partial charge on any atom is -0.444 e. The molecule has 0 aromatic carbocycles. The SMILES string of the molecule is CC1=CCC([C@H](NC(=O)OC(C)(C)C)C2CCOCC2)=N1. The Labute approximate surface area is 126 Å². The molecule has 2 aliphatic rings. The maximum Gasteiger partial charge on any atom is 0.408 e. The molecule has 0 radical (unpaired) electrons. The first-order valence-electron chi connectivity index (χ1n) is 7.66. The molecular weight excluding hydrogens is 268 g/mol. The first-order valence-corrected chi connectivity index (χ1v) is 7.66. The van der Waals surface area contributed by atoms with Crippen LogP contribution in [0.15, 0.2) is 16.8 Å². The Morgan fingerprint density at radius 1 is 1.43 bits per heavy atom. The van der Waals surface area contributed by atoms with Gasteiger partial charge in [0.25, 0.3) is 0 Å². The molecule has 1 saturated heterocycles. The van der Waals surface area contributed by atoms with Crippen molar-refractivity contribution in [2.24, 2.45) is 10.9 Å². The molecule has 1 atom stereocenters. The molecule has 0 aromatic heterocycles. The second-order valence-corrected chi connectivity index (χ2v) is 6.73. The molecule has 5 nitrogen and oxygen atoms in total. The molecule has 2 rings (SSSR count). The van der Waals surface area contributed by atoms with E-state index < -0.39 is 5.60 Å². The van der Waals surface area contributed by atoms with Gasteiger partial charge in [-0.25, -0.2) is 4.79 Å². The maximum absolute atomic E-state index is 12.1. The van der Waals surface area contributed by atoms with Gasteiger partial charge in [0.1, 0.15) is 5.60 Å². The van der Waals surface area contributed by atoms with E-state index >= 15 is 0 Å². The highest BCUT2D eigenvalue weighted by Gasteiger charge is 2.31. The van der Waals surface area contributed by atoms with E-state index in [9.17, 15) is 4.79 Å². The molecular formula is C16H26N2O3. The quantitative estimate of drug-likeness (QED) is 0.870. The maximum atomic E-state index is 12.1. The lowest BCUT2D eigenvalue weighted by atomic mass is 9.88. The van der Waals surface area contributed by atoms with Crippen molar-refractivity contribution in [3.63, 3.8) is 0 Å². The van der Waals surface area contributed by atoms with E-state index in [2.05, 4.69) is 16.4 Å². The lowest BCUT2D eigenvalue weighted by Gasteiger charge is -2.32. The fourth-order valence-corrected chi connectivity index (χ4v) is 2.72. The molecule has 0 unspecified atom stereocenters. The molecule has 1 amide bonds. The summed E-state index contributed by atoms with van der Waals surface area (Å²) in [6, 6.07) is -0.0579. The topological polar surface area (TPSA) is 59.9 Å². The van der Waals surface area contributed by atoms with Crippen LogP contribution in [0.2, 0.25) is 0 Å². The molecule has 0 aromatic rings. The first kappa shape index (κ1) is 16.0. The number of allylic oxidation sites excluding steroid dienone is 2. The average molecular weight is 294 g/mol. The number of carbonyl (C=O) groups is 1. The van der Waals surface area contributed by atoms with Crippen LogP contribution >= 0.6 is 0 Å². The number of hydrogen-bond donors (Lipinski definition) is 1. The lowest BCUT2D eigenvalue weighted by Crippen LogP contribution is -2.48. The third-order valence-electron chi connectivity index (χ3n) is 3.70. The summed E-state index contributed by atoms with van der Waals surface area (Å²) in [6.07, 6.45) is 4.42. The normalized spacial score (nSPS) is 21.5. The Morgan fingerprint density at radius 2 is 2.10 bits per heavy atom. The Kier molecular flexibility index (Phi) is 5.04. The lowest BCUT2D eigenvalue weighted by molar-refractivity contribution is 0.0409. The van der Waals surface area contributed by atoms with Crippen molar-refractivity contribution in [3.8, 4) is 0 Å². The number of nitrogens with zero attached hydrogens (tertiary/aromatic N) is 1. The summed E-state index contributed by atoms with van der Waals surface area (Å²) in [6.45, 7) is 9.09. The fraction of sp³-hybridized carbons (Fsp3) is 0.750. The van der Waals surface area contributed by atoms with Crippen LogP contribution in [0.5, 0.6) is 0 Å². The van der Waals surface area contributed by atoms with Gasteiger partial charge in [0.05, 0.1) is 6.04 Å². The van der Waals surface area contributed by atoms with Crippen LogP contribution in [-0.4, -0.2) is 36.7 Å². The number of nitrogens with one attached hydrogen (secondary N) is 1. The number of ether oxygens (including phenoxy) is 2. The van der Waals surface area contributed by atoms with E-state index in [0.717, 1.165) is 43.9 Å². The molecule has 5 heteroatoms. The molecule has 0 bridgehead atoms. The minimum atomic E-state index is -0.490. The second kappa shape index (κ2) is 6.60. The highest BCUT2D eigenvalue weighted by molar-refractivity contribution is 5.95. The van der Waals surface area contributed by atoms with E-state index in [1.165, 1.54) is 0 Å². The van der Waals surface area contributed by atoms with Crippen LogP contribution in [0.3, 0.4) is 0 Å². The zero-order valence-corrected chi connectivity index (χ0v) is 13.4. The monoisotopic (exact) mass is 294 g/mol. The van der Waals surface area contributed by atoms with Gasteiger partial charge in [-0.15, -0.1) is 0 Å². The molecule has 0 aliphatic carbocycles. The second-order valence-electron chi connectivity index (χ2n) is 6.73. The van der Waals surface area contributed by atoms with Gasteiger partial charge in [0.15, 0.2) is 0 Å². The third kappa shape index (κ3) is 4.84. The molecule has 118 valence electrons.